The van der Waals surface area contributed by atoms with Crippen molar-refractivity contribution in [3.05, 3.63) is 59.9 Å². The third kappa shape index (κ3) is 2.93. The second-order valence-corrected chi connectivity index (χ2v) is 5.38. The number of aromatic amines is 1. The van der Waals surface area contributed by atoms with Crippen LogP contribution in [0, 0.1) is 0 Å². The van der Waals surface area contributed by atoms with Crippen molar-refractivity contribution in [2.45, 2.75) is 6.54 Å². The Morgan fingerprint density at radius 1 is 1.18 bits per heavy atom. The van der Waals surface area contributed by atoms with Crippen LogP contribution in [0.15, 0.2) is 48.8 Å². The third-order valence-electron chi connectivity index (χ3n) is 3.58. The number of H-pyrrole nitrogens is 1. The average Bonchev–Trinajstić information content (AvgIpc) is 3.00. The van der Waals surface area contributed by atoms with Crippen LogP contribution in [0.3, 0.4) is 0 Å². The highest BCUT2D eigenvalue weighted by molar-refractivity contribution is 5.94. The van der Waals surface area contributed by atoms with Crippen LogP contribution in [0.5, 0.6) is 0 Å². The maximum absolute atomic E-state index is 12.2. The molecule has 112 valence electrons. The number of carbonyl (C=O) groups excluding carboxylic acids is 1. The van der Waals surface area contributed by atoms with Crippen molar-refractivity contribution < 1.29 is 4.79 Å². The van der Waals surface area contributed by atoms with Gasteiger partial charge in [0.05, 0.1) is 17.4 Å². The lowest BCUT2D eigenvalue weighted by Gasteiger charge is -2.12. The molecule has 0 bridgehead atoms. The van der Waals surface area contributed by atoms with E-state index < -0.39 is 0 Å². The summed E-state index contributed by atoms with van der Waals surface area (Å²) in [5.41, 5.74) is 4.67. The average molecular weight is 294 g/mol. The third-order valence-corrected chi connectivity index (χ3v) is 3.58. The van der Waals surface area contributed by atoms with Crippen LogP contribution < -0.4 is 10.2 Å². The lowest BCUT2D eigenvalue weighted by Crippen LogP contribution is -2.22. The molecule has 0 saturated heterocycles. The van der Waals surface area contributed by atoms with E-state index >= 15 is 0 Å². The van der Waals surface area contributed by atoms with E-state index in [1.165, 1.54) is 0 Å². The summed E-state index contributed by atoms with van der Waals surface area (Å²) in [6, 6.07) is 13.5. The molecule has 0 aliphatic heterocycles. The van der Waals surface area contributed by atoms with Crippen molar-refractivity contribution in [1.82, 2.24) is 15.3 Å². The van der Waals surface area contributed by atoms with E-state index in [0.717, 1.165) is 22.3 Å². The van der Waals surface area contributed by atoms with Crippen LogP contribution in [0.4, 0.5) is 5.69 Å². The normalized spacial score (nSPS) is 10.6. The van der Waals surface area contributed by atoms with Crippen molar-refractivity contribution in [2.75, 3.05) is 19.0 Å². The van der Waals surface area contributed by atoms with Crippen LogP contribution in [-0.2, 0) is 6.54 Å². The van der Waals surface area contributed by atoms with Gasteiger partial charge in [-0.2, -0.15) is 0 Å². The van der Waals surface area contributed by atoms with E-state index in [2.05, 4.69) is 15.3 Å². The number of carbonyl (C=O) groups is 1. The molecule has 5 heteroatoms. The van der Waals surface area contributed by atoms with Gasteiger partial charge >= 0.3 is 0 Å². The highest BCUT2D eigenvalue weighted by Crippen LogP contribution is 2.13. The van der Waals surface area contributed by atoms with E-state index in [4.69, 9.17) is 0 Å². The second kappa shape index (κ2) is 5.89. The maximum atomic E-state index is 12.2. The fraction of sp³-hybridized carbons (Fsp3) is 0.176. The summed E-state index contributed by atoms with van der Waals surface area (Å²) in [7, 11) is 3.95. The second-order valence-electron chi connectivity index (χ2n) is 5.38. The van der Waals surface area contributed by atoms with Gasteiger partial charge in [-0.15, -0.1) is 0 Å². The molecule has 2 N–H and O–H groups in total. The summed E-state index contributed by atoms with van der Waals surface area (Å²) in [5, 5.41) is 2.93. The van der Waals surface area contributed by atoms with Crippen molar-refractivity contribution >= 4 is 22.6 Å². The van der Waals surface area contributed by atoms with Gasteiger partial charge in [-0.1, -0.05) is 6.07 Å². The first-order valence-corrected chi connectivity index (χ1v) is 7.11. The Bertz CT molecular complexity index is 790. The Morgan fingerprint density at radius 3 is 2.68 bits per heavy atom. The summed E-state index contributed by atoms with van der Waals surface area (Å²) < 4.78 is 0. The van der Waals surface area contributed by atoms with E-state index in [0.29, 0.717) is 12.1 Å². The predicted octanol–water partition coefficient (Wildman–Crippen LogP) is 2.56. The fourth-order valence-corrected chi connectivity index (χ4v) is 2.29. The molecule has 0 aliphatic rings. The molecular formula is C17H18N4O. The molecule has 1 aromatic heterocycles. The molecule has 5 nitrogen and oxygen atoms in total. The van der Waals surface area contributed by atoms with Gasteiger partial charge in [0.15, 0.2) is 0 Å². The molecule has 3 rings (SSSR count). The summed E-state index contributed by atoms with van der Waals surface area (Å²) >= 11 is 0. The van der Waals surface area contributed by atoms with E-state index in [1.54, 1.807) is 6.33 Å². The molecule has 0 saturated carbocycles. The topological polar surface area (TPSA) is 61.0 Å². The van der Waals surface area contributed by atoms with E-state index in [1.807, 2.05) is 61.5 Å². The lowest BCUT2D eigenvalue weighted by atomic mass is 10.1. The number of imidazole rings is 1. The number of rotatable bonds is 4. The molecule has 1 amide bonds. The summed E-state index contributed by atoms with van der Waals surface area (Å²) in [6.45, 7) is 0.489. The first-order chi connectivity index (χ1) is 10.6. The van der Waals surface area contributed by atoms with Crippen molar-refractivity contribution in [3.63, 3.8) is 0 Å². The molecule has 22 heavy (non-hydrogen) atoms. The molecule has 0 unspecified atom stereocenters. The number of nitrogens with zero attached hydrogens (tertiary/aromatic N) is 2. The number of benzene rings is 2. The Balaban J connectivity index is 1.66. The number of aromatic nitrogens is 2. The molecule has 2 aromatic carbocycles. The van der Waals surface area contributed by atoms with Gasteiger partial charge in [0.2, 0.25) is 0 Å². The Hall–Kier alpha value is -2.82. The largest absolute Gasteiger partial charge is 0.378 e. The quantitative estimate of drug-likeness (QED) is 0.777. The van der Waals surface area contributed by atoms with Crippen LogP contribution in [0.2, 0.25) is 0 Å². The molecular weight excluding hydrogens is 276 g/mol. The van der Waals surface area contributed by atoms with Crippen molar-refractivity contribution in [3.8, 4) is 0 Å². The molecule has 0 aliphatic carbocycles. The minimum atomic E-state index is -0.0741. The maximum Gasteiger partial charge on any atom is 0.251 e. The van der Waals surface area contributed by atoms with Gasteiger partial charge in [0, 0.05) is 31.9 Å². The summed E-state index contributed by atoms with van der Waals surface area (Å²) in [4.78, 5) is 21.4. The standard InChI is InChI=1S/C17H18N4O/c1-21(2)14-6-4-13(5-7-14)17(22)18-10-12-3-8-15-16(9-12)20-11-19-15/h3-9,11H,10H2,1-2H3,(H,18,22)(H,19,20). The first-order valence-electron chi connectivity index (χ1n) is 7.11. The van der Waals surface area contributed by atoms with Gasteiger partial charge in [0.1, 0.15) is 0 Å². The van der Waals surface area contributed by atoms with Gasteiger partial charge < -0.3 is 15.2 Å². The number of hydrogen-bond acceptors (Lipinski definition) is 3. The Labute approximate surface area is 129 Å². The first kappa shape index (κ1) is 14.1. The number of fused-ring (bicyclic) bond motifs is 1. The summed E-state index contributed by atoms with van der Waals surface area (Å²) in [6.07, 6.45) is 1.67. The Kier molecular flexibility index (Phi) is 3.78. The lowest BCUT2D eigenvalue weighted by molar-refractivity contribution is 0.0951. The van der Waals surface area contributed by atoms with Gasteiger partial charge in [-0.25, -0.2) is 4.98 Å². The van der Waals surface area contributed by atoms with Gasteiger partial charge in [-0.3, -0.25) is 4.79 Å². The zero-order valence-corrected chi connectivity index (χ0v) is 12.6. The minimum absolute atomic E-state index is 0.0741. The Morgan fingerprint density at radius 2 is 1.95 bits per heavy atom. The molecule has 0 atom stereocenters. The van der Waals surface area contributed by atoms with Crippen molar-refractivity contribution in [1.29, 1.82) is 0 Å². The molecule has 0 radical (unpaired) electrons. The zero-order valence-electron chi connectivity index (χ0n) is 12.6. The fourth-order valence-electron chi connectivity index (χ4n) is 2.29. The number of nitrogens with one attached hydrogen (secondary N) is 2. The van der Waals surface area contributed by atoms with E-state index in [-0.39, 0.29) is 5.91 Å². The molecule has 0 fully saturated rings. The molecule has 0 spiro atoms. The summed E-state index contributed by atoms with van der Waals surface area (Å²) in [5.74, 6) is -0.0741. The SMILES string of the molecule is CN(C)c1ccc(C(=O)NCc2ccc3nc[nH]c3c2)cc1. The van der Waals surface area contributed by atoms with Crippen LogP contribution in [0.25, 0.3) is 11.0 Å². The van der Waals surface area contributed by atoms with Gasteiger partial charge in [0.25, 0.3) is 5.91 Å². The number of amides is 1. The molecule has 1 heterocycles. The number of anilines is 1. The van der Waals surface area contributed by atoms with Crippen LogP contribution >= 0.6 is 0 Å². The highest BCUT2D eigenvalue weighted by atomic mass is 16.1. The monoisotopic (exact) mass is 294 g/mol. The zero-order chi connectivity index (χ0) is 15.5. The van der Waals surface area contributed by atoms with Gasteiger partial charge in [-0.05, 0) is 42.0 Å². The smallest absolute Gasteiger partial charge is 0.251 e. The van der Waals surface area contributed by atoms with Crippen LogP contribution in [0.1, 0.15) is 15.9 Å². The predicted molar refractivity (Wildman–Crippen MR) is 88.0 cm³/mol. The minimum Gasteiger partial charge on any atom is -0.378 e. The van der Waals surface area contributed by atoms with Crippen LogP contribution in [-0.4, -0.2) is 30.0 Å². The molecule has 3 aromatic rings. The number of hydrogen-bond donors (Lipinski definition) is 2. The highest BCUT2D eigenvalue weighted by Gasteiger charge is 2.06. The van der Waals surface area contributed by atoms with Crippen molar-refractivity contribution in [2.24, 2.45) is 0 Å². The van der Waals surface area contributed by atoms with E-state index in [9.17, 15) is 4.79 Å².